The molecule has 0 aliphatic carbocycles. The molecule has 1 aliphatic heterocycles. The maximum atomic E-state index is 13.0. The highest BCUT2D eigenvalue weighted by molar-refractivity contribution is 9.10. The SMILES string of the molecule is CCOc1cc(/C=C2\NC(=O)N(Cc3ccc(C(=O)OC)o3)C2=O)c(Br)c(Cl)c1OCC(=O)Nc1ccccc1C. The highest BCUT2D eigenvalue weighted by Gasteiger charge is 2.35. The van der Waals surface area contributed by atoms with Crippen molar-refractivity contribution in [2.24, 2.45) is 0 Å². The number of nitrogens with one attached hydrogen (secondary N) is 2. The largest absolute Gasteiger partial charge is 0.490 e. The second kappa shape index (κ2) is 12.9. The van der Waals surface area contributed by atoms with Gasteiger partial charge in [-0.05, 0) is 71.2 Å². The number of benzene rings is 2. The van der Waals surface area contributed by atoms with Crippen LogP contribution >= 0.6 is 27.5 Å². The van der Waals surface area contributed by atoms with E-state index in [4.69, 9.17) is 25.5 Å². The third-order valence-electron chi connectivity index (χ3n) is 5.85. The Morgan fingerprint density at radius 2 is 1.93 bits per heavy atom. The standard InChI is InChI=1S/C28H25BrClN3O8/c1-4-39-21-12-16(23(29)24(30)25(21)40-14-22(34)31-18-8-6-5-7-15(18)2)11-19-26(35)33(28(37)32-19)13-17-9-10-20(41-17)27(36)38-3/h5-12H,4,13-14H2,1-3H3,(H,31,34)(H,32,37)/b19-11-. The van der Waals surface area contributed by atoms with Gasteiger partial charge in [0.1, 0.15) is 16.5 Å². The second-order valence-electron chi connectivity index (χ2n) is 8.64. The Hall–Kier alpha value is -4.29. The number of imide groups is 1. The zero-order chi connectivity index (χ0) is 29.7. The van der Waals surface area contributed by atoms with E-state index in [0.717, 1.165) is 10.5 Å². The third kappa shape index (κ3) is 6.72. The average molecular weight is 647 g/mol. The van der Waals surface area contributed by atoms with E-state index >= 15 is 0 Å². The number of urea groups is 1. The van der Waals surface area contributed by atoms with Crippen LogP contribution in [0.5, 0.6) is 11.5 Å². The van der Waals surface area contributed by atoms with Crippen molar-refractivity contribution in [2.45, 2.75) is 20.4 Å². The van der Waals surface area contributed by atoms with E-state index < -0.39 is 23.8 Å². The molecule has 2 heterocycles. The first kappa shape index (κ1) is 29.7. The van der Waals surface area contributed by atoms with Crippen LogP contribution in [0.4, 0.5) is 10.5 Å². The average Bonchev–Trinajstić information content (AvgIpc) is 3.52. The van der Waals surface area contributed by atoms with Gasteiger partial charge in [-0.15, -0.1) is 0 Å². The second-order valence-corrected chi connectivity index (χ2v) is 9.81. The van der Waals surface area contributed by atoms with Gasteiger partial charge in [0, 0.05) is 10.2 Å². The lowest BCUT2D eigenvalue weighted by atomic mass is 10.1. The van der Waals surface area contributed by atoms with E-state index in [2.05, 4.69) is 31.3 Å². The fourth-order valence-corrected chi connectivity index (χ4v) is 4.51. The van der Waals surface area contributed by atoms with Crippen LogP contribution in [0.15, 0.2) is 57.1 Å². The molecule has 1 saturated heterocycles. The predicted molar refractivity (Wildman–Crippen MR) is 153 cm³/mol. The van der Waals surface area contributed by atoms with Crippen LogP contribution in [0.25, 0.3) is 6.08 Å². The van der Waals surface area contributed by atoms with Crippen LogP contribution in [-0.4, -0.2) is 49.0 Å². The molecule has 3 aromatic rings. The van der Waals surface area contributed by atoms with Crippen molar-refractivity contribution in [2.75, 3.05) is 25.6 Å². The van der Waals surface area contributed by atoms with Crippen molar-refractivity contribution < 1.29 is 37.8 Å². The summed E-state index contributed by atoms with van der Waals surface area (Å²) in [5, 5.41) is 5.41. The molecule has 1 aliphatic rings. The molecular formula is C28H25BrClN3O8. The number of hydrogen-bond acceptors (Lipinski definition) is 8. The fourth-order valence-electron chi connectivity index (χ4n) is 3.84. The first-order valence-corrected chi connectivity index (χ1v) is 13.4. The van der Waals surface area contributed by atoms with Gasteiger partial charge in [-0.2, -0.15) is 0 Å². The van der Waals surface area contributed by atoms with Gasteiger partial charge in [-0.25, -0.2) is 9.59 Å². The Bertz CT molecular complexity index is 1550. The number of nitrogens with zero attached hydrogens (tertiary/aromatic N) is 1. The van der Waals surface area contributed by atoms with Crippen LogP contribution < -0.4 is 20.1 Å². The number of hydrogen-bond donors (Lipinski definition) is 2. The van der Waals surface area contributed by atoms with Crippen molar-refractivity contribution in [3.63, 3.8) is 0 Å². The smallest absolute Gasteiger partial charge is 0.373 e. The summed E-state index contributed by atoms with van der Waals surface area (Å²) in [4.78, 5) is 50.7. The predicted octanol–water partition coefficient (Wildman–Crippen LogP) is 5.30. The van der Waals surface area contributed by atoms with Crippen LogP contribution in [0.2, 0.25) is 5.02 Å². The van der Waals surface area contributed by atoms with Gasteiger partial charge in [0.15, 0.2) is 18.1 Å². The highest BCUT2D eigenvalue weighted by Crippen LogP contribution is 2.43. The number of halogens is 2. The molecule has 0 bridgehead atoms. The van der Waals surface area contributed by atoms with Gasteiger partial charge >= 0.3 is 12.0 Å². The summed E-state index contributed by atoms with van der Waals surface area (Å²) < 4.78 is 21.8. The number of aryl methyl sites for hydroxylation is 1. The number of methoxy groups -OCH3 is 1. The zero-order valence-electron chi connectivity index (χ0n) is 22.2. The molecule has 4 rings (SSSR count). The van der Waals surface area contributed by atoms with Gasteiger partial charge in [0.25, 0.3) is 11.8 Å². The number of amides is 4. The first-order chi connectivity index (χ1) is 19.6. The number of para-hydroxylation sites is 1. The molecule has 4 amide bonds. The minimum Gasteiger partial charge on any atom is -0.490 e. The molecule has 0 unspecified atom stereocenters. The molecule has 214 valence electrons. The van der Waals surface area contributed by atoms with Crippen molar-refractivity contribution in [3.05, 3.63) is 80.3 Å². The number of ether oxygens (including phenoxy) is 3. The van der Waals surface area contributed by atoms with Crippen molar-refractivity contribution in [3.8, 4) is 11.5 Å². The van der Waals surface area contributed by atoms with Crippen LogP contribution in [0.3, 0.4) is 0 Å². The Balaban J connectivity index is 1.53. The normalized spacial score (nSPS) is 13.8. The van der Waals surface area contributed by atoms with E-state index in [-0.39, 0.29) is 53.5 Å². The molecule has 11 nitrogen and oxygen atoms in total. The van der Waals surface area contributed by atoms with Gasteiger partial charge in [-0.1, -0.05) is 29.8 Å². The zero-order valence-corrected chi connectivity index (χ0v) is 24.6. The minimum absolute atomic E-state index is 0.0276. The Kier molecular flexibility index (Phi) is 9.35. The van der Waals surface area contributed by atoms with E-state index in [9.17, 15) is 19.2 Å². The summed E-state index contributed by atoms with van der Waals surface area (Å²) in [6, 6.07) is 11.1. The molecule has 1 aromatic heterocycles. The van der Waals surface area contributed by atoms with Crippen molar-refractivity contribution >= 4 is 63.1 Å². The van der Waals surface area contributed by atoms with Crippen molar-refractivity contribution in [1.29, 1.82) is 0 Å². The highest BCUT2D eigenvalue weighted by atomic mass is 79.9. The maximum Gasteiger partial charge on any atom is 0.373 e. The number of carbonyl (C=O) groups excluding carboxylic acids is 4. The quantitative estimate of drug-likeness (QED) is 0.172. The molecule has 1 fully saturated rings. The molecule has 0 spiro atoms. The molecule has 0 saturated carbocycles. The van der Waals surface area contributed by atoms with E-state index in [0.29, 0.717) is 15.7 Å². The number of anilines is 1. The molecule has 0 radical (unpaired) electrons. The Morgan fingerprint density at radius 3 is 2.63 bits per heavy atom. The van der Waals surface area contributed by atoms with Crippen LogP contribution in [0.1, 0.15) is 34.4 Å². The summed E-state index contributed by atoms with van der Waals surface area (Å²) in [7, 11) is 1.21. The molecule has 41 heavy (non-hydrogen) atoms. The summed E-state index contributed by atoms with van der Waals surface area (Å²) in [5.41, 5.74) is 1.94. The number of rotatable bonds is 10. The van der Waals surface area contributed by atoms with E-state index in [1.54, 1.807) is 19.1 Å². The van der Waals surface area contributed by atoms with Crippen LogP contribution in [0, 0.1) is 6.92 Å². The summed E-state index contributed by atoms with van der Waals surface area (Å²) in [6.45, 7) is 3.36. The summed E-state index contributed by atoms with van der Waals surface area (Å²) >= 11 is 10.0. The number of carbonyl (C=O) groups is 4. The lowest BCUT2D eigenvalue weighted by Crippen LogP contribution is -2.30. The van der Waals surface area contributed by atoms with Gasteiger partial charge in [-0.3, -0.25) is 14.5 Å². The number of esters is 1. The molecule has 2 aromatic carbocycles. The van der Waals surface area contributed by atoms with Crippen molar-refractivity contribution in [1.82, 2.24) is 10.2 Å². The minimum atomic E-state index is -0.680. The molecule has 13 heteroatoms. The number of furan rings is 1. The third-order valence-corrected chi connectivity index (χ3v) is 7.29. The fraction of sp³-hybridized carbons (Fsp3) is 0.214. The Labute approximate surface area is 248 Å². The first-order valence-electron chi connectivity index (χ1n) is 12.3. The Morgan fingerprint density at radius 1 is 1.17 bits per heavy atom. The van der Waals surface area contributed by atoms with Gasteiger partial charge < -0.3 is 29.3 Å². The monoisotopic (exact) mass is 645 g/mol. The lowest BCUT2D eigenvalue weighted by Gasteiger charge is -2.16. The van der Waals surface area contributed by atoms with E-state index in [1.807, 2.05) is 25.1 Å². The van der Waals surface area contributed by atoms with Gasteiger partial charge in [0.2, 0.25) is 5.76 Å². The van der Waals surface area contributed by atoms with Gasteiger partial charge in [0.05, 0.1) is 20.3 Å². The van der Waals surface area contributed by atoms with Crippen LogP contribution in [-0.2, 0) is 20.9 Å². The summed E-state index contributed by atoms with van der Waals surface area (Å²) in [5.74, 6) is -1.18. The molecule has 0 atom stereocenters. The molecule has 2 N–H and O–H groups in total. The molecular weight excluding hydrogens is 622 g/mol. The maximum absolute atomic E-state index is 13.0. The summed E-state index contributed by atoms with van der Waals surface area (Å²) in [6.07, 6.45) is 1.43. The lowest BCUT2D eigenvalue weighted by molar-refractivity contribution is -0.123. The topological polar surface area (TPSA) is 136 Å². The van der Waals surface area contributed by atoms with E-state index in [1.165, 1.54) is 25.3 Å².